The van der Waals surface area contributed by atoms with Crippen molar-refractivity contribution < 1.29 is 9.59 Å². The first-order valence-corrected chi connectivity index (χ1v) is 8.75. The summed E-state index contributed by atoms with van der Waals surface area (Å²) in [6.45, 7) is 7.31. The number of benzene rings is 2. The lowest BCUT2D eigenvalue weighted by molar-refractivity contribution is 0.0950. The second-order valence-corrected chi connectivity index (χ2v) is 6.14. The largest absolute Gasteiger partial charge is 0.350 e. The Morgan fingerprint density at radius 3 is 2.46 bits per heavy atom. The van der Waals surface area contributed by atoms with Gasteiger partial charge in [0.05, 0.1) is 0 Å². The highest BCUT2D eigenvalue weighted by Crippen LogP contribution is 2.17. The average molecular weight is 354 g/mol. The fraction of sp³-hybridized carbons (Fsp3) is 0.300. The zero-order valence-electron chi connectivity index (χ0n) is 15.4. The van der Waals surface area contributed by atoms with Gasteiger partial charge in [-0.1, -0.05) is 31.2 Å². The van der Waals surface area contributed by atoms with Crippen molar-refractivity contribution in [3.8, 4) is 0 Å². The van der Waals surface area contributed by atoms with Crippen molar-refractivity contribution in [3.63, 3.8) is 0 Å². The molecule has 0 spiro atoms. The van der Waals surface area contributed by atoms with Gasteiger partial charge in [-0.2, -0.15) is 0 Å². The first-order chi connectivity index (χ1) is 12.5. The topological polar surface area (TPSA) is 82.3 Å². The van der Waals surface area contributed by atoms with Gasteiger partial charge in [-0.3, -0.25) is 4.79 Å². The molecule has 6 heteroatoms. The summed E-state index contributed by atoms with van der Waals surface area (Å²) in [6.07, 6.45) is 0. The minimum absolute atomic E-state index is 0.165. The van der Waals surface area contributed by atoms with E-state index in [0.717, 1.165) is 12.1 Å². The predicted molar refractivity (Wildman–Crippen MR) is 106 cm³/mol. The van der Waals surface area contributed by atoms with E-state index in [9.17, 15) is 9.59 Å². The molecule has 2 aromatic rings. The molecule has 6 nitrogen and oxygen atoms in total. The number of hydrogen-bond acceptors (Lipinski definition) is 3. The number of para-hydroxylation sites is 1. The molecular weight excluding hydrogens is 328 g/mol. The quantitative estimate of drug-likeness (QED) is 0.615. The Balaban J connectivity index is 2.00. The van der Waals surface area contributed by atoms with E-state index in [2.05, 4.69) is 21.3 Å². The number of likely N-dealkylation sites (N-methyl/N-ethyl adjacent to an activating group) is 1. The van der Waals surface area contributed by atoms with Gasteiger partial charge in [-0.15, -0.1) is 0 Å². The summed E-state index contributed by atoms with van der Waals surface area (Å²) in [5.41, 5.74) is 2.69. The Labute approximate surface area is 154 Å². The molecule has 0 aliphatic heterocycles. The third kappa shape index (κ3) is 5.89. The Hall–Kier alpha value is -2.86. The summed E-state index contributed by atoms with van der Waals surface area (Å²) < 4.78 is 0. The van der Waals surface area contributed by atoms with Crippen molar-refractivity contribution in [3.05, 3.63) is 59.7 Å². The monoisotopic (exact) mass is 354 g/mol. The van der Waals surface area contributed by atoms with Crippen LogP contribution < -0.4 is 21.3 Å². The number of carbonyl (C=O) groups is 2. The molecule has 1 atom stereocenters. The zero-order valence-corrected chi connectivity index (χ0v) is 15.4. The van der Waals surface area contributed by atoms with Crippen molar-refractivity contribution in [2.75, 3.05) is 23.7 Å². The number of urea groups is 1. The molecule has 0 aliphatic carbocycles. The molecule has 0 saturated carbocycles. The maximum absolute atomic E-state index is 12.3. The van der Waals surface area contributed by atoms with Gasteiger partial charge in [0.1, 0.15) is 0 Å². The summed E-state index contributed by atoms with van der Waals surface area (Å²) in [7, 11) is 0. The summed E-state index contributed by atoms with van der Waals surface area (Å²) in [6, 6.07) is 14.3. The van der Waals surface area contributed by atoms with Gasteiger partial charge in [-0.25, -0.2) is 4.79 Å². The van der Waals surface area contributed by atoms with Crippen LogP contribution in [0.3, 0.4) is 0 Å². The van der Waals surface area contributed by atoms with Crippen LogP contribution in [-0.2, 0) is 0 Å². The molecule has 0 bridgehead atoms. The molecule has 0 heterocycles. The molecule has 3 amide bonds. The zero-order chi connectivity index (χ0) is 18.9. The van der Waals surface area contributed by atoms with E-state index >= 15 is 0 Å². The minimum atomic E-state index is -0.349. The molecule has 2 rings (SSSR count). The van der Waals surface area contributed by atoms with E-state index in [0.29, 0.717) is 23.5 Å². The summed E-state index contributed by atoms with van der Waals surface area (Å²) in [5, 5.41) is 11.7. The van der Waals surface area contributed by atoms with Crippen LogP contribution in [0.2, 0.25) is 0 Å². The molecule has 0 radical (unpaired) electrons. The van der Waals surface area contributed by atoms with Crippen LogP contribution >= 0.6 is 0 Å². The Bertz CT molecular complexity index is 747. The highest BCUT2D eigenvalue weighted by molar-refractivity contribution is 6.02. The lowest BCUT2D eigenvalue weighted by Crippen LogP contribution is -2.38. The number of aryl methyl sites for hydroxylation is 1. The van der Waals surface area contributed by atoms with Crippen LogP contribution in [0, 0.1) is 6.92 Å². The van der Waals surface area contributed by atoms with Gasteiger partial charge < -0.3 is 21.3 Å². The molecule has 0 fully saturated rings. The lowest BCUT2D eigenvalue weighted by Gasteiger charge is -2.14. The average Bonchev–Trinajstić information content (AvgIpc) is 2.62. The van der Waals surface area contributed by atoms with Crippen LogP contribution in [0.1, 0.15) is 29.8 Å². The van der Waals surface area contributed by atoms with Gasteiger partial charge in [0, 0.05) is 29.5 Å². The van der Waals surface area contributed by atoms with Crippen molar-refractivity contribution in [2.24, 2.45) is 0 Å². The van der Waals surface area contributed by atoms with Crippen LogP contribution in [0.15, 0.2) is 48.5 Å². The van der Waals surface area contributed by atoms with E-state index in [4.69, 9.17) is 0 Å². The van der Waals surface area contributed by atoms with E-state index in [1.807, 2.05) is 57.2 Å². The second kappa shape index (κ2) is 9.58. The lowest BCUT2D eigenvalue weighted by atomic mass is 10.1. The van der Waals surface area contributed by atoms with E-state index in [1.54, 1.807) is 12.1 Å². The maximum Gasteiger partial charge on any atom is 0.323 e. The maximum atomic E-state index is 12.3. The first kappa shape index (κ1) is 19.5. The van der Waals surface area contributed by atoms with Gasteiger partial charge in [0.2, 0.25) is 0 Å². The minimum Gasteiger partial charge on any atom is -0.350 e. The van der Waals surface area contributed by atoms with Gasteiger partial charge in [-0.05, 0) is 50.2 Å². The smallest absolute Gasteiger partial charge is 0.323 e. The van der Waals surface area contributed by atoms with Crippen molar-refractivity contribution in [2.45, 2.75) is 26.8 Å². The molecule has 0 aromatic heterocycles. The molecule has 0 unspecified atom stereocenters. The third-order valence-electron chi connectivity index (χ3n) is 3.90. The van der Waals surface area contributed by atoms with Crippen LogP contribution in [-0.4, -0.2) is 31.1 Å². The van der Waals surface area contributed by atoms with Crippen molar-refractivity contribution >= 4 is 23.3 Å². The SMILES string of the molecule is CCN[C@H](C)CNC(=O)c1ccc(C)c(NC(=O)Nc2ccccc2)c1. The Morgan fingerprint density at radius 1 is 1.04 bits per heavy atom. The van der Waals surface area contributed by atoms with Crippen molar-refractivity contribution in [1.82, 2.24) is 10.6 Å². The van der Waals surface area contributed by atoms with Crippen molar-refractivity contribution in [1.29, 1.82) is 0 Å². The highest BCUT2D eigenvalue weighted by Gasteiger charge is 2.11. The Morgan fingerprint density at radius 2 is 1.77 bits per heavy atom. The predicted octanol–water partition coefficient (Wildman–Crippen LogP) is 3.37. The third-order valence-corrected chi connectivity index (χ3v) is 3.90. The summed E-state index contributed by atoms with van der Waals surface area (Å²) in [4.78, 5) is 24.5. The number of nitrogens with one attached hydrogen (secondary N) is 4. The number of hydrogen-bond donors (Lipinski definition) is 4. The molecule has 4 N–H and O–H groups in total. The van der Waals surface area contributed by atoms with E-state index in [1.165, 1.54) is 0 Å². The van der Waals surface area contributed by atoms with E-state index in [-0.39, 0.29) is 18.0 Å². The fourth-order valence-corrected chi connectivity index (χ4v) is 2.47. The standard InChI is InChI=1S/C20H26N4O2/c1-4-21-15(3)13-22-19(25)16-11-10-14(2)18(12-16)24-20(26)23-17-8-6-5-7-9-17/h5-12,15,21H,4,13H2,1-3H3,(H,22,25)(H2,23,24,26)/t15-/m1/s1. The molecule has 138 valence electrons. The molecular formula is C20H26N4O2. The Kier molecular flexibility index (Phi) is 7.17. The number of amides is 3. The van der Waals surface area contributed by atoms with Gasteiger partial charge in [0.15, 0.2) is 0 Å². The van der Waals surface area contributed by atoms with Gasteiger partial charge >= 0.3 is 6.03 Å². The summed E-state index contributed by atoms with van der Waals surface area (Å²) >= 11 is 0. The summed E-state index contributed by atoms with van der Waals surface area (Å²) in [5.74, 6) is -0.165. The highest BCUT2D eigenvalue weighted by atomic mass is 16.2. The number of anilines is 2. The normalized spacial score (nSPS) is 11.5. The van der Waals surface area contributed by atoms with Crippen LogP contribution in [0.4, 0.5) is 16.2 Å². The molecule has 0 saturated heterocycles. The molecule has 2 aromatic carbocycles. The van der Waals surface area contributed by atoms with Gasteiger partial charge in [0.25, 0.3) is 5.91 Å². The molecule has 0 aliphatic rings. The fourth-order valence-electron chi connectivity index (χ4n) is 2.47. The van der Waals surface area contributed by atoms with E-state index < -0.39 is 0 Å². The first-order valence-electron chi connectivity index (χ1n) is 8.75. The number of rotatable bonds is 7. The molecule has 26 heavy (non-hydrogen) atoms. The second-order valence-electron chi connectivity index (χ2n) is 6.14. The number of carbonyl (C=O) groups excluding carboxylic acids is 2. The van der Waals surface area contributed by atoms with Crippen LogP contribution in [0.25, 0.3) is 0 Å². The van der Waals surface area contributed by atoms with Crippen LogP contribution in [0.5, 0.6) is 0 Å².